The molecule has 0 atom stereocenters. The molecule has 0 aliphatic rings. The van der Waals surface area contributed by atoms with Crippen LogP contribution in [0.25, 0.3) is 0 Å². The molecule has 0 unspecified atom stereocenters. The predicted molar refractivity (Wildman–Crippen MR) is 97.9 cm³/mol. The van der Waals surface area contributed by atoms with Crippen LogP contribution in [0.1, 0.15) is 0 Å². The van der Waals surface area contributed by atoms with Gasteiger partial charge < -0.3 is 14.2 Å². The van der Waals surface area contributed by atoms with E-state index in [1.165, 1.54) is 38.5 Å². The zero-order chi connectivity index (χ0) is 19.4. The standard InChI is InChI=1S/C20H17FO5S/c1-24-16-11-17(25-2)13-18(12-16)26-15-5-9-20(10-6-15)27(22,23)19-7-3-14(21)4-8-19/h3-13H,1-2H3. The highest BCUT2D eigenvalue weighted by Crippen LogP contribution is 2.31. The smallest absolute Gasteiger partial charge is 0.206 e. The Morgan fingerprint density at radius 3 is 1.59 bits per heavy atom. The molecule has 27 heavy (non-hydrogen) atoms. The van der Waals surface area contributed by atoms with Crippen LogP contribution in [0, 0.1) is 5.82 Å². The topological polar surface area (TPSA) is 61.8 Å². The van der Waals surface area contributed by atoms with Gasteiger partial charge in [-0.05, 0) is 48.5 Å². The SMILES string of the molecule is COc1cc(OC)cc(Oc2ccc(S(=O)(=O)c3ccc(F)cc3)cc2)c1. The van der Waals surface area contributed by atoms with Crippen molar-refractivity contribution in [2.24, 2.45) is 0 Å². The summed E-state index contributed by atoms with van der Waals surface area (Å²) < 4.78 is 54.3. The second-order valence-electron chi connectivity index (χ2n) is 5.58. The van der Waals surface area contributed by atoms with Crippen LogP contribution >= 0.6 is 0 Å². The van der Waals surface area contributed by atoms with Crippen LogP contribution in [0.2, 0.25) is 0 Å². The van der Waals surface area contributed by atoms with Gasteiger partial charge in [0, 0.05) is 18.2 Å². The van der Waals surface area contributed by atoms with Gasteiger partial charge >= 0.3 is 0 Å². The van der Waals surface area contributed by atoms with Gasteiger partial charge in [0.05, 0.1) is 24.0 Å². The zero-order valence-corrected chi connectivity index (χ0v) is 15.5. The monoisotopic (exact) mass is 388 g/mol. The minimum absolute atomic E-state index is 0.0232. The normalized spacial score (nSPS) is 11.1. The quantitative estimate of drug-likeness (QED) is 0.583. The largest absolute Gasteiger partial charge is 0.496 e. The highest BCUT2D eigenvalue weighted by molar-refractivity contribution is 7.91. The second-order valence-corrected chi connectivity index (χ2v) is 7.53. The molecule has 3 aromatic carbocycles. The number of methoxy groups -OCH3 is 2. The molecule has 0 N–H and O–H groups in total. The Hall–Kier alpha value is -3.06. The number of rotatable bonds is 6. The summed E-state index contributed by atoms with van der Waals surface area (Å²) in [5.41, 5.74) is 0. The van der Waals surface area contributed by atoms with Gasteiger partial charge in [0.15, 0.2) is 0 Å². The first-order valence-electron chi connectivity index (χ1n) is 7.94. The van der Waals surface area contributed by atoms with E-state index in [-0.39, 0.29) is 9.79 Å². The van der Waals surface area contributed by atoms with E-state index in [1.807, 2.05) is 0 Å². The average Bonchev–Trinajstić information content (AvgIpc) is 2.68. The zero-order valence-electron chi connectivity index (χ0n) is 14.7. The first kappa shape index (κ1) is 18.7. The molecule has 0 radical (unpaired) electrons. The van der Waals surface area contributed by atoms with E-state index in [0.717, 1.165) is 12.1 Å². The summed E-state index contributed by atoms with van der Waals surface area (Å²) in [4.78, 5) is 0.111. The van der Waals surface area contributed by atoms with Gasteiger partial charge in [0.2, 0.25) is 9.84 Å². The van der Waals surface area contributed by atoms with Gasteiger partial charge in [-0.3, -0.25) is 0 Å². The minimum atomic E-state index is -3.73. The van der Waals surface area contributed by atoms with E-state index in [1.54, 1.807) is 30.3 Å². The Morgan fingerprint density at radius 2 is 1.11 bits per heavy atom. The highest BCUT2D eigenvalue weighted by atomic mass is 32.2. The lowest BCUT2D eigenvalue weighted by Gasteiger charge is -2.11. The lowest BCUT2D eigenvalue weighted by atomic mass is 10.3. The summed E-state index contributed by atoms with van der Waals surface area (Å²) in [5, 5.41) is 0. The van der Waals surface area contributed by atoms with Crippen LogP contribution in [-0.4, -0.2) is 22.6 Å². The Balaban J connectivity index is 1.84. The van der Waals surface area contributed by atoms with E-state index < -0.39 is 15.7 Å². The summed E-state index contributed by atoms with van der Waals surface area (Å²) in [6, 6.07) is 15.7. The first-order chi connectivity index (χ1) is 12.9. The minimum Gasteiger partial charge on any atom is -0.496 e. The Kier molecular flexibility index (Phi) is 5.32. The van der Waals surface area contributed by atoms with Crippen molar-refractivity contribution in [1.29, 1.82) is 0 Å². The van der Waals surface area contributed by atoms with E-state index in [2.05, 4.69) is 0 Å². The summed E-state index contributed by atoms with van der Waals surface area (Å²) in [6.07, 6.45) is 0. The van der Waals surface area contributed by atoms with Crippen LogP contribution in [0.4, 0.5) is 4.39 Å². The van der Waals surface area contributed by atoms with Gasteiger partial charge in [-0.15, -0.1) is 0 Å². The molecular formula is C20H17FO5S. The molecule has 0 aromatic heterocycles. The molecule has 0 fully saturated rings. The molecule has 140 valence electrons. The van der Waals surface area contributed by atoms with Crippen LogP contribution in [0.3, 0.4) is 0 Å². The predicted octanol–water partition coefficient (Wildman–Crippen LogP) is 4.47. The van der Waals surface area contributed by atoms with E-state index in [4.69, 9.17) is 14.2 Å². The number of benzene rings is 3. The van der Waals surface area contributed by atoms with Crippen molar-refractivity contribution < 1.29 is 27.0 Å². The number of halogens is 1. The molecule has 0 spiro atoms. The fraction of sp³-hybridized carbons (Fsp3) is 0.100. The third-order valence-corrected chi connectivity index (χ3v) is 5.60. The lowest BCUT2D eigenvalue weighted by molar-refractivity contribution is 0.386. The van der Waals surface area contributed by atoms with Crippen molar-refractivity contribution >= 4 is 9.84 Å². The molecule has 0 bridgehead atoms. The Morgan fingerprint density at radius 1 is 0.667 bits per heavy atom. The second kappa shape index (κ2) is 7.67. The van der Waals surface area contributed by atoms with Crippen molar-refractivity contribution in [3.63, 3.8) is 0 Å². The van der Waals surface area contributed by atoms with Gasteiger partial charge in [0.25, 0.3) is 0 Å². The van der Waals surface area contributed by atoms with Gasteiger partial charge in [-0.2, -0.15) is 0 Å². The van der Waals surface area contributed by atoms with E-state index >= 15 is 0 Å². The Bertz CT molecular complexity index is 1010. The fourth-order valence-corrected chi connectivity index (χ4v) is 3.67. The average molecular weight is 388 g/mol. The van der Waals surface area contributed by atoms with Crippen molar-refractivity contribution in [1.82, 2.24) is 0 Å². The van der Waals surface area contributed by atoms with Crippen LogP contribution < -0.4 is 14.2 Å². The molecule has 3 aromatic rings. The number of ether oxygens (including phenoxy) is 3. The fourth-order valence-electron chi connectivity index (χ4n) is 2.41. The molecule has 0 saturated carbocycles. The summed E-state index contributed by atoms with van der Waals surface area (Å²) in [7, 11) is -0.658. The number of hydrogen-bond donors (Lipinski definition) is 0. The number of sulfone groups is 1. The summed E-state index contributed by atoms with van der Waals surface area (Å²) in [5.74, 6) is 1.58. The summed E-state index contributed by atoms with van der Waals surface area (Å²) in [6.45, 7) is 0. The maximum absolute atomic E-state index is 13.0. The molecule has 0 amide bonds. The molecule has 0 aliphatic heterocycles. The lowest BCUT2D eigenvalue weighted by Crippen LogP contribution is -2.01. The first-order valence-corrected chi connectivity index (χ1v) is 9.42. The van der Waals surface area contributed by atoms with Crippen LogP contribution in [0.5, 0.6) is 23.0 Å². The molecule has 3 rings (SSSR count). The van der Waals surface area contributed by atoms with Crippen molar-refractivity contribution in [3.8, 4) is 23.0 Å². The Labute approximate surface area is 156 Å². The van der Waals surface area contributed by atoms with E-state index in [0.29, 0.717) is 23.0 Å². The van der Waals surface area contributed by atoms with E-state index in [9.17, 15) is 12.8 Å². The summed E-state index contributed by atoms with van der Waals surface area (Å²) >= 11 is 0. The van der Waals surface area contributed by atoms with Crippen molar-refractivity contribution in [3.05, 3.63) is 72.5 Å². The van der Waals surface area contributed by atoms with Crippen LogP contribution in [0.15, 0.2) is 76.5 Å². The number of hydrogen-bond acceptors (Lipinski definition) is 5. The van der Waals surface area contributed by atoms with Crippen molar-refractivity contribution in [2.75, 3.05) is 14.2 Å². The molecule has 0 heterocycles. The molecule has 5 nitrogen and oxygen atoms in total. The highest BCUT2D eigenvalue weighted by Gasteiger charge is 2.17. The van der Waals surface area contributed by atoms with Crippen molar-refractivity contribution in [2.45, 2.75) is 9.79 Å². The maximum Gasteiger partial charge on any atom is 0.206 e. The maximum atomic E-state index is 13.0. The van der Waals surface area contributed by atoms with Gasteiger partial charge in [-0.25, -0.2) is 12.8 Å². The molecular weight excluding hydrogens is 371 g/mol. The van der Waals surface area contributed by atoms with Crippen LogP contribution in [-0.2, 0) is 9.84 Å². The van der Waals surface area contributed by atoms with Gasteiger partial charge in [0.1, 0.15) is 28.8 Å². The third kappa shape index (κ3) is 4.20. The van der Waals surface area contributed by atoms with Gasteiger partial charge in [-0.1, -0.05) is 0 Å². The molecule has 0 saturated heterocycles. The molecule has 7 heteroatoms. The molecule has 0 aliphatic carbocycles. The third-order valence-electron chi connectivity index (χ3n) is 3.82.